The molecule has 188 valence electrons. The maximum absolute atomic E-state index is 13.5. The summed E-state index contributed by atoms with van der Waals surface area (Å²) in [7, 11) is 0. The van der Waals surface area contributed by atoms with Crippen molar-refractivity contribution in [1.29, 1.82) is 0 Å². The van der Waals surface area contributed by atoms with Crippen LogP contribution in [0.3, 0.4) is 0 Å². The van der Waals surface area contributed by atoms with Crippen LogP contribution in [0.4, 0.5) is 0 Å². The van der Waals surface area contributed by atoms with Crippen LogP contribution in [0.5, 0.6) is 0 Å². The number of Topliss-reactive ketones (excluding diaryl/α,β-unsaturated/α-hetero) is 1. The molecular weight excluding hydrogens is 444 g/mol. The predicted octanol–water partition coefficient (Wildman–Crippen LogP) is 0.481. The molecule has 3 saturated carbocycles. The molecule has 5 fully saturated rings. The van der Waals surface area contributed by atoms with E-state index < -0.39 is 87.3 Å². The van der Waals surface area contributed by atoms with Crippen molar-refractivity contribution in [3.63, 3.8) is 0 Å². The third kappa shape index (κ3) is 2.16. The standard InChI is InChI=1S/C25H34O9/c1-10-8-13-23(29)11(2)17(28)25(32-12(3)26)15(20(25,4)5)14(23)18-22(33-18)9-31-21(6,7)34-19(22)24(13,30)16(10)27/h8,11,13-15,17-19,28-30H,9H2,1-7H3/t11-,13+,14-,15-,17-,18+,19-,22+,23+,24-,25-/m1/s1. The van der Waals surface area contributed by atoms with Crippen molar-refractivity contribution >= 4 is 11.8 Å². The van der Waals surface area contributed by atoms with Gasteiger partial charge in [-0.1, -0.05) is 26.8 Å². The van der Waals surface area contributed by atoms with Crippen LogP contribution < -0.4 is 0 Å². The first-order chi connectivity index (χ1) is 15.5. The summed E-state index contributed by atoms with van der Waals surface area (Å²) < 4.78 is 24.3. The zero-order chi connectivity index (χ0) is 25.0. The molecule has 0 aromatic heterocycles. The lowest BCUT2D eigenvalue weighted by molar-refractivity contribution is -0.329. The third-order valence-electron chi connectivity index (χ3n) is 10.1. The molecule has 0 bridgehead atoms. The highest BCUT2D eigenvalue weighted by atomic mass is 16.8. The SMILES string of the molecule is CC(=O)O[C@@]12[C@H](O)[C@@H](C)[C@@]3(O)[C@H]([C@@H]1C2(C)C)[C@@H]1O[C@@]12COC(C)(C)O[C@H]2[C@]1(O)C(=O)C(C)=C[C@H]13. The van der Waals surface area contributed by atoms with Crippen molar-refractivity contribution in [2.24, 2.45) is 29.1 Å². The molecule has 9 heteroatoms. The Labute approximate surface area is 198 Å². The number of ketones is 1. The average Bonchev–Trinajstić information content (AvgIpc) is 3.54. The average molecular weight is 479 g/mol. The highest BCUT2D eigenvalue weighted by Crippen LogP contribution is 2.79. The second-order valence-corrected chi connectivity index (χ2v) is 12.4. The van der Waals surface area contributed by atoms with Crippen LogP contribution >= 0.6 is 0 Å². The Bertz CT molecular complexity index is 1050. The van der Waals surface area contributed by atoms with Gasteiger partial charge in [0, 0.05) is 36.0 Å². The molecule has 0 radical (unpaired) electrons. The first kappa shape index (κ1) is 23.1. The van der Waals surface area contributed by atoms with Crippen molar-refractivity contribution in [3.8, 4) is 0 Å². The van der Waals surface area contributed by atoms with Crippen LogP contribution in [0.15, 0.2) is 11.6 Å². The van der Waals surface area contributed by atoms with Crippen LogP contribution in [-0.4, -0.2) is 80.2 Å². The summed E-state index contributed by atoms with van der Waals surface area (Å²) in [4.78, 5) is 25.7. The molecule has 11 atom stereocenters. The number of rotatable bonds is 1. The summed E-state index contributed by atoms with van der Waals surface area (Å²) in [6.45, 7) is 11.9. The molecule has 9 nitrogen and oxygen atoms in total. The van der Waals surface area contributed by atoms with E-state index in [-0.39, 0.29) is 6.61 Å². The van der Waals surface area contributed by atoms with E-state index in [9.17, 15) is 24.9 Å². The number of esters is 1. The van der Waals surface area contributed by atoms with E-state index in [1.54, 1.807) is 33.8 Å². The highest BCUT2D eigenvalue weighted by Gasteiger charge is 2.93. The summed E-state index contributed by atoms with van der Waals surface area (Å²) in [5, 5.41) is 36.4. The van der Waals surface area contributed by atoms with Gasteiger partial charge in [-0.05, 0) is 26.3 Å². The molecule has 0 aromatic rings. The Kier molecular flexibility index (Phi) is 4.04. The summed E-state index contributed by atoms with van der Waals surface area (Å²) in [6, 6.07) is 0. The Morgan fingerprint density at radius 3 is 2.44 bits per heavy atom. The van der Waals surface area contributed by atoms with Crippen molar-refractivity contribution in [3.05, 3.63) is 11.6 Å². The number of aliphatic hydroxyl groups is 3. The zero-order valence-electron chi connectivity index (χ0n) is 20.6. The smallest absolute Gasteiger partial charge is 0.303 e. The van der Waals surface area contributed by atoms with Gasteiger partial charge in [-0.2, -0.15) is 0 Å². The van der Waals surface area contributed by atoms with Crippen LogP contribution in [0.2, 0.25) is 0 Å². The van der Waals surface area contributed by atoms with E-state index in [2.05, 4.69) is 0 Å². The van der Waals surface area contributed by atoms with E-state index >= 15 is 0 Å². The maximum Gasteiger partial charge on any atom is 0.303 e. The van der Waals surface area contributed by atoms with Gasteiger partial charge in [0.1, 0.15) is 17.3 Å². The second kappa shape index (κ2) is 5.95. The Balaban J connectivity index is 1.59. The molecule has 4 aliphatic carbocycles. The highest BCUT2D eigenvalue weighted by molar-refractivity contribution is 6.05. The number of hydrogen-bond acceptors (Lipinski definition) is 9. The molecule has 3 N–H and O–H groups in total. The minimum atomic E-state index is -2.10. The number of fused-ring (bicyclic) bond motifs is 7. The molecule has 0 aromatic carbocycles. The molecule has 2 heterocycles. The van der Waals surface area contributed by atoms with Gasteiger partial charge in [0.05, 0.1) is 24.4 Å². The lowest BCUT2D eigenvalue weighted by Crippen LogP contribution is -2.70. The van der Waals surface area contributed by atoms with Gasteiger partial charge in [-0.25, -0.2) is 0 Å². The normalized spacial score (nSPS) is 57.6. The fraction of sp³-hybridized carbons (Fsp3) is 0.840. The van der Waals surface area contributed by atoms with E-state index in [0.29, 0.717) is 5.57 Å². The van der Waals surface area contributed by atoms with Gasteiger partial charge in [-0.15, -0.1) is 0 Å². The number of carbonyl (C=O) groups is 2. The van der Waals surface area contributed by atoms with Crippen LogP contribution in [-0.2, 0) is 28.5 Å². The fourth-order valence-corrected chi connectivity index (χ4v) is 8.50. The zero-order valence-corrected chi connectivity index (χ0v) is 20.6. The van der Waals surface area contributed by atoms with Gasteiger partial charge in [0.2, 0.25) is 0 Å². The molecule has 6 rings (SSSR count). The number of ether oxygens (including phenoxy) is 4. The molecule has 1 spiro atoms. The third-order valence-corrected chi connectivity index (χ3v) is 10.1. The van der Waals surface area contributed by atoms with Crippen molar-refractivity contribution in [2.75, 3.05) is 6.61 Å². The molecular formula is C25H34O9. The van der Waals surface area contributed by atoms with E-state index in [1.165, 1.54) is 6.92 Å². The van der Waals surface area contributed by atoms with E-state index in [1.807, 2.05) is 13.8 Å². The van der Waals surface area contributed by atoms with Crippen molar-refractivity contribution < 1.29 is 43.9 Å². The van der Waals surface area contributed by atoms with E-state index in [0.717, 1.165) is 0 Å². The van der Waals surface area contributed by atoms with Crippen LogP contribution in [0.1, 0.15) is 48.5 Å². The number of aliphatic hydroxyl groups excluding tert-OH is 1. The second-order valence-electron chi connectivity index (χ2n) is 12.4. The lowest BCUT2D eigenvalue weighted by atomic mass is 9.58. The number of hydrogen-bond donors (Lipinski definition) is 3. The van der Waals surface area contributed by atoms with E-state index in [4.69, 9.17) is 18.9 Å². The molecule has 34 heavy (non-hydrogen) atoms. The summed E-state index contributed by atoms with van der Waals surface area (Å²) in [5.74, 6) is -5.11. The molecule has 0 amide bonds. The first-order valence-electron chi connectivity index (χ1n) is 12.1. The topological polar surface area (TPSA) is 135 Å². The quantitative estimate of drug-likeness (QED) is 0.363. The monoisotopic (exact) mass is 478 g/mol. The Morgan fingerprint density at radius 2 is 1.82 bits per heavy atom. The summed E-state index contributed by atoms with van der Waals surface area (Å²) in [5.41, 5.74) is -6.54. The van der Waals surface area contributed by atoms with Gasteiger partial charge < -0.3 is 34.3 Å². The molecule has 2 aliphatic heterocycles. The van der Waals surface area contributed by atoms with Crippen molar-refractivity contribution in [1.82, 2.24) is 0 Å². The summed E-state index contributed by atoms with van der Waals surface area (Å²) >= 11 is 0. The first-order valence-corrected chi connectivity index (χ1v) is 12.1. The maximum atomic E-state index is 13.5. The fourth-order valence-electron chi connectivity index (χ4n) is 8.50. The lowest BCUT2D eigenvalue weighted by Gasteiger charge is -2.53. The molecule has 6 aliphatic rings. The van der Waals surface area contributed by atoms with Gasteiger partial charge in [-0.3, -0.25) is 9.59 Å². The molecule has 0 unspecified atom stereocenters. The summed E-state index contributed by atoms with van der Waals surface area (Å²) in [6.07, 6.45) is -1.29. The van der Waals surface area contributed by atoms with Crippen molar-refractivity contribution in [2.45, 2.75) is 95.0 Å². The Morgan fingerprint density at radius 1 is 1.18 bits per heavy atom. The minimum Gasteiger partial charge on any atom is -0.456 e. The van der Waals surface area contributed by atoms with Crippen LogP contribution in [0.25, 0.3) is 0 Å². The van der Waals surface area contributed by atoms with Gasteiger partial charge in [0.25, 0.3) is 0 Å². The predicted molar refractivity (Wildman–Crippen MR) is 115 cm³/mol. The number of carbonyl (C=O) groups excluding carboxylic acids is 2. The molecule has 2 saturated heterocycles. The number of epoxide rings is 1. The minimum absolute atomic E-state index is 0.0773. The van der Waals surface area contributed by atoms with Gasteiger partial charge >= 0.3 is 5.97 Å². The van der Waals surface area contributed by atoms with Gasteiger partial charge in [0.15, 0.2) is 17.2 Å². The van der Waals surface area contributed by atoms with Crippen LogP contribution in [0, 0.1) is 29.1 Å². The largest absolute Gasteiger partial charge is 0.456 e. The Hall–Kier alpha value is -1.36.